The number of anilines is 1. The Morgan fingerprint density at radius 3 is 2.73 bits per heavy atom. The highest BCUT2D eigenvalue weighted by molar-refractivity contribution is 5.43. The fraction of sp³-hybridized carbons (Fsp3) is 0.300. The van der Waals surface area contributed by atoms with Crippen molar-refractivity contribution in [1.29, 1.82) is 0 Å². The number of hydrogen-bond donors (Lipinski definition) is 1. The minimum atomic E-state index is 0.0589. The number of fused-ring (bicyclic) bond motifs is 1. The third-order valence-electron chi connectivity index (χ3n) is 4.73. The molecular weight excluding hydrogens is 328 g/mol. The molecular formula is C20H22N4O2. The summed E-state index contributed by atoms with van der Waals surface area (Å²) in [5.74, 6) is 2.52. The lowest BCUT2D eigenvalue weighted by Gasteiger charge is -2.32. The monoisotopic (exact) mass is 350 g/mol. The van der Waals surface area contributed by atoms with Gasteiger partial charge in [-0.25, -0.2) is 4.68 Å². The Balaban J connectivity index is 1.71. The number of hydrogen-bond acceptors (Lipinski definition) is 5. The van der Waals surface area contributed by atoms with Gasteiger partial charge in [0, 0.05) is 5.56 Å². The minimum Gasteiger partial charge on any atom is -0.497 e. The summed E-state index contributed by atoms with van der Waals surface area (Å²) in [6, 6.07) is 16.5. The number of ether oxygens (including phenoxy) is 2. The molecule has 0 saturated heterocycles. The molecule has 134 valence electrons. The molecule has 0 saturated carbocycles. The van der Waals surface area contributed by atoms with Crippen molar-refractivity contribution in [2.75, 3.05) is 19.0 Å². The van der Waals surface area contributed by atoms with E-state index in [1.165, 1.54) is 5.56 Å². The highest BCUT2D eigenvalue weighted by Crippen LogP contribution is 2.40. The van der Waals surface area contributed by atoms with E-state index in [0.717, 1.165) is 29.4 Å². The molecule has 0 spiro atoms. The quantitative estimate of drug-likeness (QED) is 0.758. The number of aromatic nitrogens is 3. The van der Waals surface area contributed by atoms with Crippen molar-refractivity contribution >= 4 is 5.95 Å². The highest BCUT2D eigenvalue weighted by Gasteiger charge is 2.31. The number of benzene rings is 2. The smallest absolute Gasteiger partial charge is 0.222 e. The molecule has 0 radical (unpaired) electrons. The molecule has 1 aliphatic rings. The van der Waals surface area contributed by atoms with Crippen LogP contribution in [0.3, 0.4) is 0 Å². The van der Waals surface area contributed by atoms with Crippen LogP contribution in [0.25, 0.3) is 0 Å². The molecule has 2 atom stereocenters. The van der Waals surface area contributed by atoms with Crippen molar-refractivity contribution in [3.63, 3.8) is 0 Å². The summed E-state index contributed by atoms with van der Waals surface area (Å²) in [7, 11) is 1.68. The molecule has 2 aromatic carbocycles. The largest absolute Gasteiger partial charge is 0.497 e. The van der Waals surface area contributed by atoms with E-state index in [9.17, 15) is 0 Å². The topological polar surface area (TPSA) is 61.2 Å². The fourth-order valence-electron chi connectivity index (χ4n) is 3.48. The van der Waals surface area contributed by atoms with Gasteiger partial charge in [-0.15, -0.1) is 0 Å². The normalized spacial score (nSPS) is 18.7. The second kappa shape index (κ2) is 7.07. The predicted octanol–water partition coefficient (Wildman–Crippen LogP) is 3.83. The zero-order valence-electron chi connectivity index (χ0n) is 14.9. The first-order valence-electron chi connectivity index (χ1n) is 8.82. The zero-order chi connectivity index (χ0) is 17.9. The maximum atomic E-state index is 5.85. The molecule has 1 aliphatic heterocycles. The van der Waals surface area contributed by atoms with Gasteiger partial charge in [0.2, 0.25) is 5.95 Å². The summed E-state index contributed by atoms with van der Waals surface area (Å²) in [4.78, 5) is 4.39. The molecule has 0 bridgehead atoms. The lowest BCUT2D eigenvalue weighted by atomic mass is 9.93. The van der Waals surface area contributed by atoms with Crippen molar-refractivity contribution in [1.82, 2.24) is 14.8 Å². The second-order valence-electron chi connectivity index (χ2n) is 6.22. The van der Waals surface area contributed by atoms with Crippen LogP contribution in [-0.4, -0.2) is 28.5 Å². The molecule has 26 heavy (non-hydrogen) atoms. The van der Waals surface area contributed by atoms with Crippen molar-refractivity contribution in [2.45, 2.75) is 25.4 Å². The summed E-state index contributed by atoms with van der Waals surface area (Å²) < 4.78 is 13.1. The van der Waals surface area contributed by atoms with Crippen LogP contribution < -0.4 is 14.8 Å². The number of methoxy groups -OCH3 is 1. The van der Waals surface area contributed by atoms with E-state index in [2.05, 4.69) is 33.6 Å². The molecule has 1 N–H and O–H groups in total. The molecule has 0 fully saturated rings. The standard InChI is InChI=1S/C20H22N4O2/c1-3-26-19-7-5-4-6-16(19)18-12-17(23-20-21-13-22-24(18)20)14-8-10-15(25-2)11-9-14/h4-11,13,17-18H,3,12H2,1-2H3,(H,21,22,23)/t17-,18+/m0/s1. The van der Waals surface area contributed by atoms with E-state index >= 15 is 0 Å². The average molecular weight is 350 g/mol. The van der Waals surface area contributed by atoms with Crippen LogP contribution in [0.4, 0.5) is 5.95 Å². The molecule has 0 aliphatic carbocycles. The maximum Gasteiger partial charge on any atom is 0.222 e. The molecule has 0 unspecified atom stereocenters. The minimum absolute atomic E-state index is 0.0589. The van der Waals surface area contributed by atoms with Gasteiger partial charge >= 0.3 is 0 Å². The number of nitrogens with one attached hydrogen (secondary N) is 1. The predicted molar refractivity (Wildman–Crippen MR) is 99.7 cm³/mol. The van der Waals surface area contributed by atoms with E-state index in [0.29, 0.717) is 6.61 Å². The van der Waals surface area contributed by atoms with Gasteiger partial charge in [-0.1, -0.05) is 30.3 Å². The van der Waals surface area contributed by atoms with E-state index in [1.54, 1.807) is 13.4 Å². The van der Waals surface area contributed by atoms with Crippen molar-refractivity contribution in [3.8, 4) is 11.5 Å². The van der Waals surface area contributed by atoms with Crippen molar-refractivity contribution < 1.29 is 9.47 Å². The lowest BCUT2D eigenvalue weighted by molar-refractivity contribution is 0.325. The first-order chi connectivity index (χ1) is 12.8. The molecule has 1 aromatic heterocycles. The number of rotatable bonds is 5. The number of para-hydroxylation sites is 1. The van der Waals surface area contributed by atoms with Gasteiger partial charge < -0.3 is 14.8 Å². The van der Waals surface area contributed by atoms with Gasteiger partial charge in [-0.2, -0.15) is 10.1 Å². The van der Waals surface area contributed by atoms with E-state index in [1.807, 2.05) is 41.9 Å². The molecule has 4 rings (SSSR count). The van der Waals surface area contributed by atoms with Crippen LogP contribution in [0.5, 0.6) is 11.5 Å². The Morgan fingerprint density at radius 1 is 1.15 bits per heavy atom. The SMILES string of the molecule is CCOc1ccccc1[C@H]1C[C@@H](c2ccc(OC)cc2)Nc2ncnn21. The second-order valence-corrected chi connectivity index (χ2v) is 6.22. The average Bonchev–Trinajstić information content (AvgIpc) is 3.17. The Morgan fingerprint density at radius 2 is 1.96 bits per heavy atom. The third-order valence-corrected chi connectivity index (χ3v) is 4.73. The van der Waals surface area contributed by atoms with Gasteiger partial charge in [0.05, 0.1) is 25.8 Å². The Bertz CT molecular complexity index is 876. The van der Waals surface area contributed by atoms with Crippen molar-refractivity contribution in [2.24, 2.45) is 0 Å². The van der Waals surface area contributed by atoms with Crippen molar-refractivity contribution in [3.05, 3.63) is 66.0 Å². The van der Waals surface area contributed by atoms with Gasteiger partial charge in [-0.3, -0.25) is 0 Å². The summed E-state index contributed by atoms with van der Waals surface area (Å²) in [6.45, 7) is 2.63. The lowest BCUT2D eigenvalue weighted by Crippen LogP contribution is -2.28. The van der Waals surface area contributed by atoms with Crippen LogP contribution in [0.15, 0.2) is 54.9 Å². The highest BCUT2D eigenvalue weighted by atomic mass is 16.5. The summed E-state index contributed by atoms with van der Waals surface area (Å²) in [5, 5.41) is 7.93. The maximum absolute atomic E-state index is 5.85. The molecule has 6 nitrogen and oxygen atoms in total. The van der Waals surface area contributed by atoms with Crippen LogP contribution in [0.2, 0.25) is 0 Å². The fourth-order valence-corrected chi connectivity index (χ4v) is 3.48. The van der Waals surface area contributed by atoms with Gasteiger partial charge in [0.25, 0.3) is 0 Å². The van der Waals surface area contributed by atoms with E-state index in [4.69, 9.17) is 9.47 Å². The summed E-state index contributed by atoms with van der Waals surface area (Å²) in [5.41, 5.74) is 2.32. The number of nitrogens with zero attached hydrogens (tertiary/aromatic N) is 3. The van der Waals surface area contributed by atoms with Gasteiger partial charge in [-0.05, 0) is 37.1 Å². The molecule has 3 aromatic rings. The van der Waals surface area contributed by atoms with Crippen LogP contribution in [0, 0.1) is 0 Å². The van der Waals surface area contributed by atoms with E-state index < -0.39 is 0 Å². The third kappa shape index (κ3) is 2.98. The summed E-state index contributed by atoms with van der Waals surface area (Å²) >= 11 is 0. The molecule has 2 heterocycles. The van der Waals surface area contributed by atoms with Crippen LogP contribution >= 0.6 is 0 Å². The first kappa shape index (κ1) is 16.4. The zero-order valence-corrected chi connectivity index (χ0v) is 14.9. The Kier molecular flexibility index (Phi) is 4.48. The van der Waals surface area contributed by atoms with Crippen LogP contribution in [-0.2, 0) is 0 Å². The van der Waals surface area contributed by atoms with Gasteiger partial charge in [0.15, 0.2) is 0 Å². The molecule has 0 amide bonds. The van der Waals surface area contributed by atoms with Gasteiger partial charge in [0.1, 0.15) is 17.8 Å². The van der Waals surface area contributed by atoms with E-state index in [-0.39, 0.29) is 12.1 Å². The molecule has 6 heteroatoms. The Labute approximate surface area is 152 Å². The summed E-state index contributed by atoms with van der Waals surface area (Å²) in [6.07, 6.45) is 2.45. The Hall–Kier alpha value is -3.02. The first-order valence-corrected chi connectivity index (χ1v) is 8.82. The van der Waals surface area contributed by atoms with Crippen LogP contribution in [0.1, 0.15) is 36.6 Å².